The Morgan fingerprint density at radius 1 is 1.29 bits per heavy atom. The van der Waals surface area contributed by atoms with Gasteiger partial charge in [0, 0.05) is 29.5 Å². The number of aryl methyl sites for hydroxylation is 1. The molecule has 1 aliphatic carbocycles. The van der Waals surface area contributed by atoms with Crippen molar-refractivity contribution in [3.05, 3.63) is 58.7 Å². The second-order valence-electron chi connectivity index (χ2n) is 7.00. The lowest BCUT2D eigenvalue weighted by molar-refractivity contribution is 0.102. The number of ketones is 1. The molecule has 1 aliphatic rings. The molecule has 28 heavy (non-hydrogen) atoms. The lowest BCUT2D eigenvalue weighted by Gasteiger charge is -2.10. The van der Waals surface area contributed by atoms with Crippen LogP contribution in [0.3, 0.4) is 0 Å². The summed E-state index contributed by atoms with van der Waals surface area (Å²) in [6.45, 7) is 4.56. The van der Waals surface area contributed by atoms with E-state index in [0.29, 0.717) is 18.3 Å². The molecule has 0 amide bonds. The number of rotatable bonds is 8. The maximum Gasteiger partial charge on any atom is 0.206 e. The van der Waals surface area contributed by atoms with E-state index in [2.05, 4.69) is 20.1 Å². The molecule has 0 radical (unpaired) electrons. The first-order valence-corrected chi connectivity index (χ1v) is 11.0. The van der Waals surface area contributed by atoms with Crippen molar-refractivity contribution in [1.29, 1.82) is 0 Å². The molecular formula is C20H21FN4OS2. The third-order valence-electron chi connectivity index (χ3n) is 4.77. The summed E-state index contributed by atoms with van der Waals surface area (Å²) in [5.41, 5.74) is 3.68. The third kappa shape index (κ3) is 4.44. The molecular weight excluding hydrogens is 395 g/mol. The number of carbonyl (C=O) groups excluding carboxylic acids is 1. The molecule has 0 bridgehead atoms. The van der Waals surface area contributed by atoms with Crippen molar-refractivity contribution in [3.8, 4) is 0 Å². The number of Topliss-reactive ketones (excluding diaryl/α,β-unsaturated/α-hetero) is 1. The maximum atomic E-state index is 13.1. The fraction of sp³-hybridized carbons (Fsp3) is 0.350. The second-order valence-corrected chi connectivity index (χ2v) is 9.20. The van der Waals surface area contributed by atoms with Gasteiger partial charge in [0.15, 0.2) is 10.1 Å². The molecule has 3 aromatic rings. The van der Waals surface area contributed by atoms with Crippen LogP contribution < -0.4 is 5.32 Å². The molecule has 2 heterocycles. The number of hydrogen-bond acceptors (Lipinski definition) is 6. The Labute approximate surface area is 171 Å². The minimum Gasteiger partial charge on any atom is -0.357 e. The first kappa shape index (κ1) is 19.1. The number of nitrogens with zero attached hydrogens (tertiary/aromatic N) is 3. The number of aromatic nitrogens is 3. The number of hydrogen-bond donors (Lipinski definition) is 1. The summed E-state index contributed by atoms with van der Waals surface area (Å²) >= 11 is 2.92. The van der Waals surface area contributed by atoms with E-state index in [1.54, 1.807) is 12.1 Å². The zero-order valence-corrected chi connectivity index (χ0v) is 17.4. The molecule has 4 rings (SSSR count). The Morgan fingerprint density at radius 3 is 2.75 bits per heavy atom. The maximum absolute atomic E-state index is 13.1. The number of thioether (sulfide) groups is 1. The van der Waals surface area contributed by atoms with Gasteiger partial charge in [-0.1, -0.05) is 35.2 Å². The van der Waals surface area contributed by atoms with Gasteiger partial charge >= 0.3 is 0 Å². The van der Waals surface area contributed by atoms with E-state index >= 15 is 0 Å². The Morgan fingerprint density at radius 2 is 2.04 bits per heavy atom. The molecule has 1 fully saturated rings. The summed E-state index contributed by atoms with van der Waals surface area (Å²) in [6, 6.07) is 8.94. The van der Waals surface area contributed by atoms with E-state index in [1.165, 1.54) is 48.1 Å². The Balaban J connectivity index is 1.41. The fourth-order valence-electron chi connectivity index (χ4n) is 3.03. The van der Waals surface area contributed by atoms with Crippen molar-refractivity contribution in [2.45, 2.75) is 43.6 Å². The molecule has 0 saturated heterocycles. The van der Waals surface area contributed by atoms with E-state index in [0.717, 1.165) is 32.0 Å². The van der Waals surface area contributed by atoms with Crippen LogP contribution in [-0.2, 0) is 6.54 Å². The standard InChI is InChI=1S/C20H21FN4OS2/c1-12-9-17(13(2)25(12)10-14-3-5-15(21)6-4-14)18(26)11-27-20-24-23-19(28-20)22-16-7-8-16/h3-6,9,16H,7-8,10-11H2,1-2H3,(H,22,23). The van der Waals surface area contributed by atoms with Gasteiger partial charge < -0.3 is 9.88 Å². The van der Waals surface area contributed by atoms with Crippen molar-refractivity contribution >= 4 is 34.0 Å². The van der Waals surface area contributed by atoms with Gasteiger partial charge in [0.1, 0.15) is 5.82 Å². The SMILES string of the molecule is Cc1cc(C(=O)CSc2nnc(NC3CC3)s2)c(C)n1Cc1ccc(F)cc1. The van der Waals surface area contributed by atoms with Crippen LogP contribution >= 0.6 is 23.1 Å². The van der Waals surface area contributed by atoms with Gasteiger partial charge in [-0.25, -0.2) is 4.39 Å². The summed E-state index contributed by atoms with van der Waals surface area (Å²) < 4.78 is 16.0. The first-order valence-electron chi connectivity index (χ1n) is 9.17. The summed E-state index contributed by atoms with van der Waals surface area (Å²) in [7, 11) is 0. The van der Waals surface area contributed by atoms with Crippen molar-refractivity contribution in [2.75, 3.05) is 11.1 Å². The number of carbonyl (C=O) groups is 1. The number of benzene rings is 1. The highest BCUT2D eigenvalue weighted by Gasteiger charge is 2.23. The molecule has 1 saturated carbocycles. The number of anilines is 1. The van der Waals surface area contributed by atoms with Crippen molar-refractivity contribution in [2.24, 2.45) is 0 Å². The predicted molar refractivity (Wildman–Crippen MR) is 111 cm³/mol. The van der Waals surface area contributed by atoms with E-state index in [9.17, 15) is 9.18 Å². The lowest BCUT2D eigenvalue weighted by atomic mass is 10.2. The molecule has 0 unspecified atom stereocenters. The fourth-order valence-corrected chi connectivity index (χ4v) is 4.75. The Bertz CT molecular complexity index is 992. The molecule has 2 aromatic heterocycles. The van der Waals surface area contributed by atoms with Crippen molar-refractivity contribution < 1.29 is 9.18 Å². The van der Waals surface area contributed by atoms with Gasteiger partial charge in [0.25, 0.3) is 0 Å². The lowest BCUT2D eigenvalue weighted by Crippen LogP contribution is -2.07. The molecule has 1 N–H and O–H groups in total. The van der Waals surface area contributed by atoms with Crippen molar-refractivity contribution in [1.82, 2.24) is 14.8 Å². The Hall–Kier alpha value is -2.19. The Kier molecular flexibility index (Phi) is 5.50. The van der Waals surface area contributed by atoms with Crippen molar-refractivity contribution in [3.63, 3.8) is 0 Å². The zero-order chi connectivity index (χ0) is 19.7. The van der Waals surface area contributed by atoms with Crippen LogP contribution in [0.25, 0.3) is 0 Å². The monoisotopic (exact) mass is 416 g/mol. The normalized spacial score (nSPS) is 13.7. The largest absolute Gasteiger partial charge is 0.357 e. The minimum absolute atomic E-state index is 0.0790. The molecule has 1 aromatic carbocycles. The first-order chi connectivity index (χ1) is 13.5. The molecule has 0 aliphatic heterocycles. The van der Waals surface area contributed by atoms with Crippen LogP contribution in [0.15, 0.2) is 34.7 Å². The van der Waals surface area contributed by atoms with Gasteiger partial charge in [-0.3, -0.25) is 4.79 Å². The highest BCUT2D eigenvalue weighted by atomic mass is 32.2. The molecule has 5 nitrogen and oxygen atoms in total. The van der Waals surface area contributed by atoms with Crippen LogP contribution in [0.2, 0.25) is 0 Å². The summed E-state index contributed by atoms with van der Waals surface area (Å²) in [5.74, 6) is 0.166. The van der Waals surface area contributed by atoms with Gasteiger partial charge in [-0.15, -0.1) is 10.2 Å². The predicted octanol–water partition coefficient (Wildman–Crippen LogP) is 4.69. The van der Waals surface area contributed by atoms with Crippen LogP contribution in [0.5, 0.6) is 0 Å². The number of halogens is 1. The smallest absolute Gasteiger partial charge is 0.206 e. The summed E-state index contributed by atoms with van der Waals surface area (Å²) in [4.78, 5) is 12.8. The third-order valence-corrected chi connectivity index (χ3v) is 6.75. The van der Waals surface area contributed by atoms with E-state index in [-0.39, 0.29) is 11.6 Å². The summed E-state index contributed by atoms with van der Waals surface area (Å²) in [6.07, 6.45) is 2.38. The molecule has 146 valence electrons. The molecule has 8 heteroatoms. The van der Waals surface area contributed by atoms with Crippen LogP contribution in [-0.4, -0.2) is 32.3 Å². The van der Waals surface area contributed by atoms with Crippen LogP contribution in [0, 0.1) is 19.7 Å². The quantitative estimate of drug-likeness (QED) is 0.426. The minimum atomic E-state index is -0.246. The summed E-state index contributed by atoms with van der Waals surface area (Å²) in [5, 5.41) is 12.4. The zero-order valence-electron chi connectivity index (χ0n) is 15.7. The van der Waals surface area contributed by atoms with Gasteiger partial charge in [0.05, 0.1) is 5.75 Å². The molecule has 0 atom stereocenters. The van der Waals surface area contributed by atoms with E-state index < -0.39 is 0 Å². The molecule has 0 spiro atoms. The number of nitrogens with one attached hydrogen (secondary N) is 1. The second kappa shape index (κ2) is 8.05. The topological polar surface area (TPSA) is 59.8 Å². The van der Waals surface area contributed by atoms with E-state index in [1.807, 2.05) is 19.9 Å². The van der Waals surface area contributed by atoms with Crippen LogP contribution in [0.4, 0.5) is 9.52 Å². The highest BCUT2D eigenvalue weighted by molar-refractivity contribution is 8.01. The highest BCUT2D eigenvalue weighted by Crippen LogP contribution is 2.30. The average Bonchev–Trinajstić information content (AvgIpc) is 3.31. The van der Waals surface area contributed by atoms with Gasteiger partial charge in [-0.05, 0) is 50.5 Å². The average molecular weight is 417 g/mol. The van der Waals surface area contributed by atoms with Gasteiger partial charge in [0.2, 0.25) is 5.13 Å². The van der Waals surface area contributed by atoms with Crippen LogP contribution in [0.1, 0.15) is 40.2 Å². The van der Waals surface area contributed by atoms with Gasteiger partial charge in [-0.2, -0.15) is 0 Å². The van der Waals surface area contributed by atoms with E-state index in [4.69, 9.17) is 0 Å².